The molecule has 214 valence electrons. The second-order valence-electron chi connectivity index (χ2n) is 7.34. The number of nitrogens with zero attached hydrogens (tertiary/aromatic N) is 4. The Morgan fingerprint density at radius 3 is 1.60 bits per heavy atom. The fourth-order valence-electron chi connectivity index (χ4n) is 2.84. The maximum Gasteiger partial charge on any atom is 0.289 e. The Balaban J connectivity index is 0.000000241. The third-order valence-corrected chi connectivity index (χ3v) is 6.95. The van der Waals surface area contributed by atoms with E-state index in [-0.39, 0.29) is 27.9 Å². The zero-order chi connectivity index (χ0) is 30.0. The van der Waals surface area contributed by atoms with Crippen molar-refractivity contribution in [3.8, 4) is 5.75 Å². The molecule has 40 heavy (non-hydrogen) atoms. The van der Waals surface area contributed by atoms with Gasteiger partial charge in [-0.05, 0) is 39.2 Å². The van der Waals surface area contributed by atoms with Gasteiger partial charge in [-0.2, -0.15) is 10.2 Å². The average molecular weight is 906 g/mol. The smallest absolute Gasteiger partial charge is 0.289 e. The summed E-state index contributed by atoms with van der Waals surface area (Å²) in [7, 11) is 1.43. The lowest BCUT2D eigenvalue weighted by Crippen LogP contribution is -2.24. The van der Waals surface area contributed by atoms with Crippen molar-refractivity contribution in [3.05, 3.63) is 117 Å². The first-order valence-electron chi connectivity index (χ1n) is 10.6. The Morgan fingerprint density at radius 2 is 1.18 bits per heavy atom. The largest absolute Gasteiger partial charge is 0.493 e. The van der Waals surface area contributed by atoms with Gasteiger partial charge in [0.2, 0.25) is 0 Å². The summed E-state index contributed by atoms with van der Waals surface area (Å²) in [4.78, 5) is 23.7. The standard InChI is InChI=1S/C12H10Cl2N2O2.C11H7BrCl2N2O.Br3OP/c1-18-10-6-15-16(12(17)11(10)14)7-8-4-2-3-5-9(8)13;12-8-5-15-16(11(17)10(8)14)6-7-3-1-2-4-9(7)13;1-5(2,3)4/h2-6H,7H2,1H3;1-5H,6H2;. The maximum absolute atomic E-state index is 11.9. The number of ether oxygens (including phenoxy) is 1. The van der Waals surface area contributed by atoms with E-state index in [9.17, 15) is 14.2 Å². The molecule has 0 saturated heterocycles. The summed E-state index contributed by atoms with van der Waals surface area (Å²) in [5.41, 5.74) is 0.869. The predicted octanol–water partition coefficient (Wildman–Crippen LogP) is 9.25. The van der Waals surface area contributed by atoms with Crippen molar-refractivity contribution in [2.45, 2.75) is 13.1 Å². The molecule has 17 heteroatoms. The molecule has 2 aromatic heterocycles. The molecule has 0 aliphatic heterocycles. The molecule has 0 radical (unpaired) electrons. The van der Waals surface area contributed by atoms with Crippen molar-refractivity contribution in [1.29, 1.82) is 0 Å². The summed E-state index contributed by atoms with van der Waals surface area (Å²) >= 11 is 35.2. The van der Waals surface area contributed by atoms with Crippen LogP contribution in [0.5, 0.6) is 5.75 Å². The monoisotopic (exact) mass is 900 g/mol. The summed E-state index contributed by atoms with van der Waals surface area (Å²) in [5.74, 6) is 0.261. The zero-order valence-electron chi connectivity index (χ0n) is 20.1. The molecule has 2 heterocycles. The predicted molar refractivity (Wildman–Crippen MR) is 177 cm³/mol. The molecule has 8 nitrogen and oxygen atoms in total. The Bertz CT molecular complexity index is 1630. The van der Waals surface area contributed by atoms with Crippen molar-refractivity contribution in [1.82, 2.24) is 19.6 Å². The summed E-state index contributed by atoms with van der Waals surface area (Å²) < 4.78 is 15.7. The molecular formula is C23H17Br4Cl4N4O4P. The summed E-state index contributed by atoms with van der Waals surface area (Å²) in [6, 6.07) is 14.5. The molecule has 0 bridgehead atoms. The van der Waals surface area contributed by atoms with Crippen LogP contribution in [-0.4, -0.2) is 26.7 Å². The number of aromatic nitrogens is 4. The molecule has 0 N–H and O–H groups in total. The fourth-order valence-corrected chi connectivity index (χ4v) is 3.86. The van der Waals surface area contributed by atoms with Gasteiger partial charge in [0.1, 0.15) is 5.02 Å². The molecule has 2 aromatic carbocycles. The van der Waals surface area contributed by atoms with Gasteiger partial charge in [0.25, 0.3) is 14.4 Å². The molecular weight excluding hydrogens is 889 g/mol. The molecule has 4 rings (SSSR count). The lowest BCUT2D eigenvalue weighted by atomic mass is 10.2. The Hall–Kier alpha value is -0.690. The SMILES string of the molecule is COc1cnn(Cc2ccccc2Cl)c(=O)c1Cl.O=P(Br)(Br)Br.O=c1c(Cl)c(Br)cnn1Cc1ccccc1Cl. The highest BCUT2D eigenvalue weighted by molar-refractivity contribution is 9.94. The summed E-state index contributed by atoms with van der Waals surface area (Å²) in [5, 5.41) is 9.28. The summed E-state index contributed by atoms with van der Waals surface area (Å²) in [6.45, 7) is 0.563. The second kappa shape index (κ2) is 16.8. The van der Waals surface area contributed by atoms with E-state index < -0.39 is 8.81 Å². The van der Waals surface area contributed by atoms with Crippen LogP contribution in [0.25, 0.3) is 0 Å². The lowest BCUT2D eigenvalue weighted by molar-refractivity contribution is 0.407. The van der Waals surface area contributed by atoms with Crippen molar-refractivity contribution in [3.63, 3.8) is 0 Å². The van der Waals surface area contributed by atoms with E-state index in [0.717, 1.165) is 11.1 Å². The average Bonchev–Trinajstić information content (AvgIpc) is 2.89. The van der Waals surface area contributed by atoms with Crippen molar-refractivity contribution >= 4 is 112 Å². The van der Waals surface area contributed by atoms with Gasteiger partial charge in [-0.1, -0.05) is 82.8 Å². The van der Waals surface area contributed by atoms with Crippen LogP contribution in [0.4, 0.5) is 0 Å². The highest BCUT2D eigenvalue weighted by Gasteiger charge is 2.11. The molecule has 0 aliphatic rings. The lowest BCUT2D eigenvalue weighted by Gasteiger charge is -2.08. The van der Waals surface area contributed by atoms with E-state index >= 15 is 0 Å². The highest BCUT2D eigenvalue weighted by Crippen LogP contribution is 2.68. The van der Waals surface area contributed by atoms with E-state index in [1.54, 1.807) is 12.1 Å². The second-order valence-corrected chi connectivity index (χ2v) is 28.1. The quantitative estimate of drug-likeness (QED) is 0.186. The topological polar surface area (TPSA) is 96.1 Å². The van der Waals surface area contributed by atoms with Crippen LogP contribution in [-0.2, 0) is 17.7 Å². The first-order chi connectivity index (χ1) is 18.7. The molecule has 0 unspecified atom stereocenters. The van der Waals surface area contributed by atoms with E-state index in [2.05, 4.69) is 72.6 Å². The van der Waals surface area contributed by atoms with E-state index in [1.807, 2.05) is 36.4 Å². The first kappa shape index (κ1) is 35.5. The third-order valence-electron chi connectivity index (χ3n) is 4.67. The molecule has 0 atom stereocenters. The van der Waals surface area contributed by atoms with Gasteiger partial charge in [-0.25, -0.2) is 9.36 Å². The van der Waals surface area contributed by atoms with Crippen LogP contribution >= 0.6 is 112 Å². The van der Waals surface area contributed by atoms with Crippen LogP contribution in [0.2, 0.25) is 20.1 Å². The van der Waals surface area contributed by atoms with Gasteiger partial charge in [-0.3, -0.25) is 14.2 Å². The van der Waals surface area contributed by atoms with Gasteiger partial charge in [0.05, 0.1) is 37.1 Å². The van der Waals surface area contributed by atoms with Crippen LogP contribution in [0, 0.1) is 0 Å². The number of halogens is 8. The molecule has 0 fully saturated rings. The number of hydrogen-bond acceptors (Lipinski definition) is 6. The Morgan fingerprint density at radius 1 is 0.775 bits per heavy atom. The number of methoxy groups -OCH3 is 1. The number of hydrogen-bond donors (Lipinski definition) is 0. The molecule has 0 aliphatic carbocycles. The zero-order valence-corrected chi connectivity index (χ0v) is 30.3. The van der Waals surface area contributed by atoms with Gasteiger partial charge in [0, 0.05) is 56.5 Å². The minimum Gasteiger partial charge on any atom is -0.493 e. The van der Waals surface area contributed by atoms with E-state index in [4.69, 9.17) is 51.1 Å². The van der Waals surface area contributed by atoms with Crippen molar-refractivity contribution < 1.29 is 9.30 Å². The maximum atomic E-state index is 11.9. The Labute approximate surface area is 281 Å². The minimum atomic E-state index is -2.20. The Kier molecular flexibility index (Phi) is 14.9. The molecule has 0 saturated carbocycles. The van der Waals surface area contributed by atoms with Crippen molar-refractivity contribution in [2.24, 2.45) is 0 Å². The van der Waals surface area contributed by atoms with Crippen molar-refractivity contribution in [2.75, 3.05) is 7.11 Å². The van der Waals surface area contributed by atoms with Gasteiger partial charge >= 0.3 is 0 Å². The van der Waals surface area contributed by atoms with Crippen LogP contribution < -0.4 is 15.9 Å². The van der Waals surface area contributed by atoms with Gasteiger partial charge in [0.15, 0.2) is 10.8 Å². The first-order valence-corrected chi connectivity index (χ1v) is 20.7. The normalized spacial score (nSPS) is 10.6. The van der Waals surface area contributed by atoms with Crippen LogP contribution in [0.3, 0.4) is 0 Å². The minimum absolute atomic E-state index is 0.0135. The van der Waals surface area contributed by atoms with E-state index in [0.29, 0.717) is 21.1 Å². The molecule has 4 aromatic rings. The summed E-state index contributed by atoms with van der Waals surface area (Å²) in [6.07, 6.45) is 2.89. The van der Waals surface area contributed by atoms with Crippen LogP contribution in [0.1, 0.15) is 11.1 Å². The number of rotatable bonds is 5. The molecule has 0 spiro atoms. The third kappa shape index (κ3) is 11.5. The van der Waals surface area contributed by atoms with Gasteiger partial charge in [-0.15, -0.1) is 0 Å². The number of benzene rings is 2. The molecule has 0 amide bonds. The van der Waals surface area contributed by atoms with Gasteiger partial charge < -0.3 is 4.74 Å². The fraction of sp³-hybridized carbons (Fsp3) is 0.130. The van der Waals surface area contributed by atoms with E-state index in [1.165, 1.54) is 28.9 Å². The highest BCUT2D eigenvalue weighted by atomic mass is 80.0. The van der Waals surface area contributed by atoms with Crippen LogP contribution in [0.15, 0.2) is 75.0 Å².